The third kappa shape index (κ3) is 5.68. The molecular formula is C18H16F3N3O. The predicted molar refractivity (Wildman–Crippen MR) is 86.8 cm³/mol. The third-order valence-corrected chi connectivity index (χ3v) is 3.51. The van der Waals surface area contributed by atoms with E-state index in [4.69, 9.17) is 0 Å². The van der Waals surface area contributed by atoms with Crippen LogP contribution in [0.3, 0.4) is 0 Å². The van der Waals surface area contributed by atoms with Crippen LogP contribution in [0.25, 0.3) is 0 Å². The lowest BCUT2D eigenvalue weighted by Gasteiger charge is -2.09. The van der Waals surface area contributed by atoms with Gasteiger partial charge in [0, 0.05) is 29.4 Å². The minimum absolute atomic E-state index is 0.255. The summed E-state index contributed by atoms with van der Waals surface area (Å²) in [6, 6.07) is 7.23. The maximum absolute atomic E-state index is 12.3. The Bertz CT molecular complexity index is 780. The zero-order chi connectivity index (χ0) is 17.7. The van der Waals surface area contributed by atoms with Gasteiger partial charge >= 0.3 is 6.18 Å². The molecule has 0 bridgehead atoms. The summed E-state index contributed by atoms with van der Waals surface area (Å²) in [6.45, 7) is -1.17. The van der Waals surface area contributed by atoms with Gasteiger partial charge in [-0.05, 0) is 25.0 Å². The molecule has 0 radical (unpaired) electrons. The molecule has 1 heterocycles. The molecule has 25 heavy (non-hydrogen) atoms. The second-order valence-electron chi connectivity index (χ2n) is 5.78. The molecule has 0 atom stereocenters. The minimum atomic E-state index is -4.42. The molecule has 1 aromatic carbocycles. The minimum Gasteiger partial charge on any atom is -0.386 e. The molecule has 1 aliphatic carbocycles. The zero-order valence-corrected chi connectivity index (χ0v) is 13.3. The number of hydrogen-bond acceptors (Lipinski definition) is 3. The molecule has 0 amide bonds. The molecule has 0 saturated heterocycles. The molecule has 0 unspecified atom stereocenters. The van der Waals surface area contributed by atoms with Gasteiger partial charge in [0.15, 0.2) is 0 Å². The van der Waals surface area contributed by atoms with Crippen molar-refractivity contribution in [1.82, 2.24) is 9.55 Å². The van der Waals surface area contributed by atoms with Gasteiger partial charge in [0.2, 0.25) is 6.61 Å². The van der Waals surface area contributed by atoms with E-state index in [1.807, 2.05) is 12.1 Å². The number of aromatic nitrogens is 2. The summed E-state index contributed by atoms with van der Waals surface area (Å²) in [4.78, 5) is 8.40. The van der Waals surface area contributed by atoms with Crippen LogP contribution in [0.2, 0.25) is 0 Å². The Balaban J connectivity index is 1.75. The predicted octanol–water partition coefficient (Wildman–Crippen LogP) is 3.63. The highest BCUT2D eigenvalue weighted by molar-refractivity contribution is 6.00. The van der Waals surface area contributed by atoms with Gasteiger partial charge in [0.25, 0.3) is 0 Å². The van der Waals surface area contributed by atoms with Gasteiger partial charge < -0.3 is 9.40 Å². The Hall–Kier alpha value is -2.75. The van der Waals surface area contributed by atoms with E-state index in [9.17, 15) is 13.2 Å². The molecule has 4 nitrogen and oxygen atoms in total. The maximum atomic E-state index is 12.3. The lowest BCUT2D eigenvalue weighted by atomic mass is 10.1. The molecule has 2 aromatic rings. The number of hydrogen-bond donors (Lipinski definition) is 0. The van der Waals surface area contributed by atoms with Crippen LogP contribution in [0.5, 0.6) is 0 Å². The SMILES string of the molecule is FC(F)(F)CON=C(Cn1ccnc1)c1ccc(C#CC2CC2)cc1. The van der Waals surface area contributed by atoms with Crippen LogP contribution >= 0.6 is 0 Å². The smallest absolute Gasteiger partial charge is 0.386 e. The van der Waals surface area contributed by atoms with E-state index in [-0.39, 0.29) is 6.54 Å². The molecule has 130 valence electrons. The highest BCUT2D eigenvalue weighted by Crippen LogP contribution is 2.27. The zero-order valence-electron chi connectivity index (χ0n) is 13.3. The first-order valence-electron chi connectivity index (χ1n) is 7.83. The molecule has 0 N–H and O–H groups in total. The largest absolute Gasteiger partial charge is 0.425 e. The van der Waals surface area contributed by atoms with E-state index in [1.165, 1.54) is 0 Å². The molecule has 1 aromatic heterocycles. The molecular weight excluding hydrogens is 331 g/mol. The second kappa shape index (κ2) is 7.43. The van der Waals surface area contributed by atoms with Crippen molar-refractivity contribution in [3.8, 4) is 11.8 Å². The van der Waals surface area contributed by atoms with Crippen molar-refractivity contribution in [3.63, 3.8) is 0 Å². The van der Waals surface area contributed by atoms with Crippen molar-refractivity contribution in [1.29, 1.82) is 0 Å². The van der Waals surface area contributed by atoms with Gasteiger partial charge in [-0.1, -0.05) is 29.1 Å². The summed E-state index contributed by atoms with van der Waals surface area (Å²) in [7, 11) is 0. The van der Waals surface area contributed by atoms with E-state index >= 15 is 0 Å². The Morgan fingerprint density at radius 1 is 1.28 bits per heavy atom. The van der Waals surface area contributed by atoms with E-state index in [0.29, 0.717) is 17.2 Å². The molecule has 0 spiro atoms. The average molecular weight is 347 g/mol. The lowest BCUT2D eigenvalue weighted by molar-refractivity contribution is -0.173. The standard InChI is InChI=1S/C18H16F3N3O/c19-18(20,21)12-25-23-17(11-24-10-9-22-13-24)16-7-5-15(6-8-16)4-3-14-1-2-14/h5-10,13-14H,1-2,11-12H2. The van der Waals surface area contributed by atoms with Gasteiger partial charge in [-0.15, -0.1) is 0 Å². The van der Waals surface area contributed by atoms with Crippen molar-refractivity contribution >= 4 is 5.71 Å². The van der Waals surface area contributed by atoms with Crippen LogP contribution in [0, 0.1) is 17.8 Å². The maximum Gasteiger partial charge on any atom is 0.425 e. The van der Waals surface area contributed by atoms with Crippen molar-refractivity contribution in [2.45, 2.75) is 25.6 Å². The topological polar surface area (TPSA) is 39.4 Å². The van der Waals surface area contributed by atoms with Crippen LogP contribution in [0.15, 0.2) is 48.1 Å². The van der Waals surface area contributed by atoms with Gasteiger partial charge in [-0.2, -0.15) is 13.2 Å². The number of alkyl halides is 3. The van der Waals surface area contributed by atoms with Gasteiger partial charge in [-0.3, -0.25) is 0 Å². The Morgan fingerprint density at radius 3 is 2.64 bits per heavy atom. The van der Waals surface area contributed by atoms with Crippen LogP contribution < -0.4 is 0 Å². The van der Waals surface area contributed by atoms with E-state index in [0.717, 1.165) is 18.4 Å². The number of imidazole rings is 1. The summed E-state index contributed by atoms with van der Waals surface area (Å²) < 4.78 is 38.5. The van der Waals surface area contributed by atoms with Crippen molar-refractivity contribution in [2.75, 3.05) is 6.61 Å². The molecule has 1 fully saturated rings. The molecule has 7 heteroatoms. The van der Waals surface area contributed by atoms with Crippen LogP contribution in [-0.4, -0.2) is 28.0 Å². The summed E-state index contributed by atoms with van der Waals surface area (Å²) in [5, 5.41) is 3.68. The highest BCUT2D eigenvalue weighted by Gasteiger charge is 2.28. The van der Waals surface area contributed by atoms with Crippen LogP contribution in [-0.2, 0) is 11.4 Å². The fourth-order valence-corrected chi connectivity index (χ4v) is 2.07. The van der Waals surface area contributed by atoms with E-state index < -0.39 is 12.8 Å². The number of benzene rings is 1. The number of nitrogens with zero attached hydrogens (tertiary/aromatic N) is 3. The fraction of sp³-hybridized carbons (Fsp3) is 0.333. The normalized spacial score (nSPS) is 14.8. The molecule has 0 aliphatic heterocycles. The average Bonchev–Trinajstić information content (AvgIpc) is 3.26. The number of oxime groups is 1. The summed E-state index contributed by atoms with van der Waals surface area (Å²) in [5.74, 6) is 6.77. The summed E-state index contributed by atoms with van der Waals surface area (Å²) >= 11 is 0. The third-order valence-electron chi connectivity index (χ3n) is 3.51. The van der Waals surface area contributed by atoms with Crippen molar-refractivity contribution in [2.24, 2.45) is 11.1 Å². The van der Waals surface area contributed by atoms with Crippen LogP contribution in [0.1, 0.15) is 24.0 Å². The van der Waals surface area contributed by atoms with E-state index in [1.54, 1.807) is 35.4 Å². The van der Waals surface area contributed by atoms with E-state index in [2.05, 4.69) is 26.8 Å². The Labute approximate surface area is 143 Å². The molecule has 1 aliphatic rings. The van der Waals surface area contributed by atoms with Crippen molar-refractivity contribution in [3.05, 3.63) is 54.1 Å². The summed E-state index contributed by atoms with van der Waals surface area (Å²) in [5.41, 5.74) is 1.92. The Morgan fingerprint density at radius 2 is 2.04 bits per heavy atom. The number of rotatable bonds is 5. The Kier molecular flexibility index (Phi) is 5.08. The van der Waals surface area contributed by atoms with Gasteiger partial charge in [0.05, 0.1) is 12.9 Å². The molecule has 1 saturated carbocycles. The number of halogens is 3. The first kappa shape index (κ1) is 17.1. The monoisotopic (exact) mass is 347 g/mol. The fourth-order valence-electron chi connectivity index (χ4n) is 2.07. The quantitative estimate of drug-likeness (QED) is 0.471. The van der Waals surface area contributed by atoms with Crippen LogP contribution in [0.4, 0.5) is 13.2 Å². The van der Waals surface area contributed by atoms with Crippen molar-refractivity contribution < 1.29 is 18.0 Å². The molecule has 3 rings (SSSR count). The lowest BCUT2D eigenvalue weighted by Crippen LogP contribution is -2.17. The van der Waals surface area contributed by atoms with Gasteiger partial charge in [0.1, 0.15) is 5.71 Å². The van der Waals surface area contributed by atoms with Gasteiger partial charge in [-0.25, -0.2) is 4.98 Å². The summed E-state index contributed by atoms with van der Waals surface area (Å²) in [6.07, 6.45) is 2.74. The first-order valence-corrected chi connectivity index (χ1v) is 7.83. The second-order valence-corrected chi connectivity index (χ2v) is 5.78. The highest BCUT2D eigenvalue weighted by atomic mass is 19.4. The first-order chi connectivity index (χ1) is 12.0.